The van der Waals surface area contributed by atoms with E-state index in [1.807, 2.05) is 25.1 Å². The Morgan fingerprint density at radius 1 is 1.16 bits per heavy atom. The fraction of sp³-hybridized carbons (Fsp3) is 0.278. The lowest BCUT2D eigenvalue weighted by molar-refractivity contribution is -0.126. The normalized spacial score (nSPS) is 18.8. The largest absolute Gasteiger partial charge is 0.353 e. The molecule has 0 radical (unpaired) electrons. The van der Waals surface area contributed by atoms with Crippen molar-refractivity contribution >= 4 is 27.5 Å². The second-order valence-corrected chi connectivity index (χ2v) is 8.34. The highest BCUT2D eigenvalue weighted by molar-refractivity contribution is 7.88. The third kappa shape index (κ3) is 3.71. The van der Waals surface area contributed by atoms with Gasteiger partial charge in [0, 0.05) is 18.1 Å². The molecule has 1 N–H and O–H groups in total. The number of piperazine rings is 1. The van der Waals surface area contributed by atoms with E-state index in [0.717, 1.165) is 11.1 Å². The van der Waals surface area contributed by atoms with Gasteiger partial charge in [-0.15, -0.1) is 0 Å². The summed E-state index contributed by atoms with van der Waals surface area (Å²) in [6, 6.07) is 13.2. The van der Waals surface area contributed by atoms with Crippen molar-refractivity contribution in [2.24, 2.45) is 0 Å². The number of nitrogens with one attached hydrogen (secondary N) is 1. The van der Waals surface area contributed by atoms with E-state index in [1.54, 1.807) is 30.3 Å². The summed E-state index contributed by atoms with van der Waals surface area (Å²) in [6.07, 6.45) is 0. The molecule has 5 nitrogen and oxygen atoms in total. The SMILES string of the molecule is Cc1ccccc1CS(=O)(=O)N1CCNC(=O)C1c1ccccc1Cl. The molecule has 0 spiro atoms. The molecule has 1 heterocycles. The summed E-state index contributed by atoms with van der Waals surface area (Å²) in [5.74, 6) is -0.499. The van der Waals surface area contributed by atoms with Gasteiger partial charge in [-0.3, -0.25) is 4.79 Å². The van der Waals surface area contributed by atoms with Gasteiger partial charge in [-0.2, -0.15) is 4.31 Å². The van der Waals surface area contributed by atoms with Crippen LogP contribution in [0, 0.1) is 6.92 Å². The molecule has 0 bridgehead atoms. The van der Waals surface area contributed by atoms with Crippen LogP contribution in [0.4, 0.5) is 0 Å². The van der Waals surface area contributed by atoms with E-state index in [9.17, 15) is 13.2 Å². The quantitative estimate of drug-likeness (QED) is 0.889. The maximum Gasteiger partial charge on any atom is 0.243 e. The lowest BCUT2D eigenvalue weighted by Gasteiger charge is -2.34. The summed E-state index contributed by atoms with van der Waals surface area (Å²) in [6.45, 7) is 2.38. The van der Waals surface area contributed by atoms with Gasteiger partial charge < -0.3 is 5.32 Å². The van der Waals surface area contributed by atoms with Crippen molar-refractivity contribution in [3.05, 3.63) is 70.2 Å². The number of nitrogens with zero attached hydrogens (tertiary/aromatic N) is 1. The zero-order valence-corrected chi connectivity index (χ0v) is 15.3. The Morgan fingerprint density at radius 2 is 1.84 bits per heavy atom. The molecule has 2 aromatic carbocycles. The highest BCUT2D eigenvalue weighted by atomic mass is 35.5. The average Bonchev–Trinajstić information content (AvgIpc) is 2.57. The molecule has 1 atom stereocenters. The third-order valence-corrected chi connectivity index (χ3v) is 6.45. The number of benzene rings is 2. The van der Waals surface area contributed by atoms with Gasteiger partial charge in [0.25, 0.3) is 0 Å². The van der Waals surface area contributed by atoms with Crippen molar-refractivity contribution in [2.45, 2.75) is 18.7 Å². The van der Waals surface area contributed by atoms with E-state index in [-0.39, 0.29) is 24.7 Å². The molecule has 3 rings (SSSR count). The zero-order chi connectivity index (χ0) is 18.0. The number of carbonyl (C=O) groups excluding carboxylic acids is 1. The summed E-state index contributed by atoms with van der Waals surface area (Å²) >= 11 is 6.22. The third-order valence-electron chi connectivity index (χ3n) is 4.32. The summed E-state index contributed by atoms with van der Waals surface area (Å²) in [4.78, 5) is 12.4. The molecule has 1 aliphatic rings. The maximum atomic E-state index is 13.1. The molecule has 25 heavy (non-hydrogen) atoms. The minimum absolute atomic E-state index is 0.145. The first-order valence-electron chi connectivity index (χ1n) is 7.96. The summed E-state index contributed by atoms with van der Waals surface area (Å²) in [7, 11) is -3.69. The lowest BCUT2D eigenvalue weighted by atomic mass is 10.0. The van der Waals surface area contributed by atoms with Crippen molar-refractivity contribution in [2.75, 3.05) is 13.1 Å². The van der Waals surface area contributed by atoms with E-state index in [1.165, 1.54) is 4.31 Å². The second kappa shape index (κ2) is 7.15. The number of amides is 1. The van der Waals surface area contributed by atoms with Gasteiger partial charge in [0.2, 0.25) is 15.9 Å². The Balaban J connectivity index is 1.99. The van der Waals surface area contributed by atoms with Crippen LogP contribution in [-0.2, 0) is 20.6 Å². The number of halogens is 1. The van der Waals surface area contributed by atoms with Gasteiger partial charge >= 0.3 is 0 Å². The predicted octanol–water partition coefficient (Wildman–Crippen LogP) is 2.65. The molecule has 1 aliphatic heterocycles. The number of aryl methyl sites for hydroxylation is 1. The fourth-order valence-electron chi connectivity index (χ4n) is 2.99. The summed E-state index contributed by atoms with van der Waals surface area (Å²) < 4.78 is 27.4. The van der Waals surface area contributed by atoms with Gasteiger partial charge in [0.15, 0.2) is 0 Å². The number of carbonyl (C=O) groups is 1. The fourth-order valence-corrected chi connectivity index (χ4v) is 5.01. The minimum Gasteiger partial charge on any atom is -0.353 e. The molecule has 0 saturated carbocycles. The van der Waals surface area contributed by atoms with E-state index in [2.05, 4.69) is 5.32 Å². The zero-order valence-electron chi connectivity index (χ0n) is 13.8. The molecule has 0 aliphatic carbocycles. The number of hydrogen-bond acceptors (Lipinski definition) is 3. The monoisotopic (exact) mass is 378 g/mol. The first kappa shape index (κ1) is 17.9. The van der Waals surface area contributed by atoms with Crippen molar-refractivity contribution in [3.63, 3.8) is 0 Å². The van der Waals surface area contributed by atoms with Gasteiger partial charge in [-0.25, -0.2) is 8.42 Å². The van der Waals surface area contributed by atoms with Gasteiger partial charge in [0.05, 0.1) is 5.75 Å². The van der Waals surface area contributed by atoms with Crippen molar-refractivity contribution < 1.29 is 13.2 Å². The summed E-state index contributed by atoms with van der Waals surface area (Å²) in [5, 5.41) is 3.11. The van der Waals surface area contributed by atoms with Crippen molar-refractivity contribution in [3.8, 4) is 0 Å². The Labute approximate surface area is 152 Å². The molecular weight excluding hydrogens is 360 g/mol. The van der Waals surface area contributed by atoms with Crippen LogP contribution < -0.4 is 5.32 Å². The van der Waals surface area contributed by atoms with Crippen LogP contribution in [0.5, 0.6) is 0 Å². The van der Waals surface area contributed by atoms with Gasteiger partial charge in [0.1, 0.15) is 6.04 Å². The smallest absolute Gasteiger partial charge is 0.243 e. The summed E-state index contributed by atoms with van der Waals surface area (Å²) in [5.41, 5.74) is 2.13. The highest BCUT2D eigenvalue weighted by Gasteiger charge is 2.39. The Bertz CT molecular complexity index is 899. The molecule has 7 heteroatoms. The molecule has 0 aromatic heterocycles. The van der Waals surface area contributed by atoms with E-state index < -0.39 is 16.1 Å². The van der Waals surface area contributed by atoms with Crippen LogP contribution in [-0.4, -0.2) is 31.7 Å². The van der Waals surface area contributed by atoms with Crippen molar-refractivity contribution in [1.82, 2.24) is 9.62 Å². The van der Waals surface area contributed by atoms with Crippen LogP contribution >= 0.6 is 11.6 Å². The lowest BCUT2D eigenvalue weighted by Crippen LogP contribution is -2.52. The number of hydrogen-bond donors (Lipinski definition) is 1. The Kier molecular flexibility index (Phi) is 5.13. The van der Waals surface area contributed by atoms with E-state index in [0.29, 0.717) is 10.6 Å². The molecule has 2 aromatic rings. The standard InChI is InChI=1S/C18H19ClN2O3S/c1-13-6-2-3-7-14(13)12-25(23,24)21-11-10-20-18(22)17(21)15-8-4-5-9-16(15)19/h2-9,17H,10-12H2,1H3,(H,20,22). The Hall–Kier alpha value is -1.89. The van der Waals surface area contributed by atoms with Gasteiger partial charge in [-0.05, 0) is 29.7 Å². The molecule has 132 valence electrons. The molecule has 1 fully saturated rings. The topological polar surface area (TPSA) is 66.5 Å². The molecule has 1 amide bonds. The van der Waals surface area contributed by atoms with E-state index >= 15 is 0 Å². The van der Waals surface area contributed by atoms with Gasteiger partial charge in [-0.1, -0.05) is 54.1 Å². The average molecular weight is 379 g/mol. The molecular formula is C18H19ClN2O3S. The van der Waals surface area contributed by atoms with Crippen molar-refractivity contribution in [1.29, 1.82) is 0 Å². The van der Waals surface area contributed by atoms with Crippen LogP contribution in [0.25, 0.3) is 0 Å². The second-order valence-electron chi connectivity index (χ2n) is 6.01. The minimum atomic E-state index is -3.69. The first-order valence-corrected chi connectivity index (χ1v) is 9.95. The van der Waals surface area contributed by atoms with Crippen LogP contribution in [0.2, 0.25) is 5.02 Å². The van der Waals surface area contributed by atoms with Crippen LogP contribution in [0.15, 0.2) is 48.5 Å². The number of rotatable bonds is 4. The molecule has 1 saturated heterocycles. The Morgan fingerprint density at radius 3 is 2.56 bits per heavy atom. The number of sulfonamides is 1. The van der Waals surface area contributed by atoms with Crippen LogP contribution in [0.1, 0.15) is 22.7 Å². The highest BCUT2D eigenvalue weighted by Crippen LogP contribution is 2.32. The predicted molar refractivity (Wildman–Crippen MR) is 97.7 cm³/mol. The van der Waals surface area contributed by atoms with Crippen LogP contribution in [0.3, 0.4) is 0 Å². The first-order chi connectivity index (χ1) is 11.9. The molecule has 1 unspecified atom stereocenters. The van der Waals surface area contributed by atoms with E-state index in [4.69, 9.17) is 11.6 Å². The maximum absolute atomic E-state index is 13.1.